The van der Waals surface area contributed by atoms with Gasteiger partial charge in [-0.1, -0.05) is 58.8 Å². The first-order chi connectivity index (χ1) is 12.4. The molecule has 2 aromatic rings. The van der Waals surface area contributed by atoms with Crippen molar-refractivity contribution in [3.05, 3.63) is 55.8 Å². The predicted octanol–water partition coefficient (Wildman–Crippen LogP) is 6.04. The van der Waals surface area contributed by atoms with Crippen LogP contribution >= 0.6 is 58.8 Å². The lowest BCUT2D eigenvalue weighted by atomic mass is 10.3. The van der Waals surface area contributed by atoms with Gasteiger partial charge in [-0.2, -0.15) is 0 Å². The molecule has 4 nitrogen and oxygen atoms in total. The second-order valence-electron chi connectivity index (χ2n) is 5.22. The number of rotatable bonds is 5. The first kappa shape index (κ1) is 19.6. The number of benzene rings is 1. The minimum absolute atomic E-state index is 0.114. The van der Waals surface area contributed by atoms with Crippen LogP contribution in [-0.4, -0.2) is 21.7 Å². The van der Waals surface area contributed by atoms with Gasteiger partial charge < -0.3 is 9.15 Å². The van der Waals surface area contributed by atoms with Crippen LogP contribution in [0.1, 0.15) is 18.4 Å². The highest BCUT2D eigenvalue weighted by atomic mass is 35.5. The van der Waals surface area contributed by atoms with Crippen molar-refractivity contribution in [2.24, 2.45) is 0 Å². The van der Waals surface area contributed by atoms with E-state index in [1.165, 1.54) is 11.8 Å². The quantitative estimate of drug-likeness (QED) is 0.412. The van der Waals surface area contributed by atoms with Crippen molar-refractivity contribution in [3.8, 4) is 5.75 Å². The van der Waals surface area contributed by atoms with Crippen molar-refractivity contribution < 1.29 is 13.9 Å². The second-order valence-corrected chi connectivity index (χ2v) is 8.14. The summed E-state index contributed by atoms with van der Waals surface area (Å²) in [6.07, 6.45) is 1.67. The van der Waals surface area contributed by atoms with E-state index in [4.69, 9.17) is 56.2 Å². The smallest absolute Gasteiger partial charge is 0.266 e. The van der Waals surface area contributed by atoms with Crippen molar-refractivity contribution in [3.63, 3.8) is 0 Å². The summed E-state index contributed by atoms with van der Waals surface area (Å²) < 4.78 is 11.9. The Labute approximate surface area is 175 Å². The molecule has 1 aromatic carbocycles. The molecule has 0 atom stereocenters. The fourth-order valence-corrected chi connectivity index (χ4v) is 4.55. The molecule has 1 aromatic heterocycles. The summed E-state index contributed by atoms with van der Waals surface area (Å²) in [7, 11) is 0. The fourth-order valence-electron chi connectivity index (χ4n) is 2.26. The molecular formula is C17H12Cl3NO3S2. The molecule has 0 spiro atoms. The van der Waals surface area contributed by atoms with Crippen LogP contribution in [0.25, 0.3) is 6.08 Å². The van der Waals surface area contributed by atoms with Gasteiger partial charge in [0.15, 0.2) is 5.75 Å². The first-order valence-corrected chi connectivity index (χ1v) is 9.86. The number of ether oxygens (including phenoxy) is 1. The molecule has 9 heteroatoms. The zero-order valence-corrected chi connectivity index (χ0v) is 17.3. The minimum atomic E-state index is -0.114. The number of thioether (sulfide) groups is 1. The average Bonchev–Trinajstić information content (AvgIpc) is 3.11. The molecule has 1 amide bonds. The van der Waals surface area contributed by atoms with Crippen LogP contribution in [-0.2, 0) is 11.4 Å². The third-order valence-electron chi connectivity index (χ3n) is 3.47. The Kier molecular flexibility index (Phi) is 6.20. The largest absolute Gasteiger partial charge is 0.483 e. The van der Waals surface area contributed by atoms with Crippen molar-refractivity contribution in [1.29, 1.82) is 0 Å². The Hall–Kier alpha value is -1.18. The molecule has 0 saturated carbocycles. The number of nitrogens with zero attached hydrogens (tertiary/aromatic N) is 1. The van der Waals surface area contributed by atoms with Gasteiger partial charge >= 0.3 is 0 Å². The zero-order valence-electron chi connectivity index (χ0n) is 13.4. The van der Waals surface area contributed by atoms with Crippen LogP contribution in [0.2, 0.25) is 15.1 Å². The lowest BCUT2D eigenvalue weighted by Gasteiger charge is -2.09. The molecule has 1 aliphatic rings. The molecule has 26 heavy (non-hydrogen) atoms. The van der Waals surface area contributed by atoms with E-state index >= 15 is 0 Å². The minimum Gasteiger partial charge on any atom is -0.483 e. The Morgan fingerprint density at radius 3 is 2.58 bits per heavy atom. The summed E-state index contributed by atoms with van der Waals surface area (Å²) in [5, 5.41) is 1.06. The summed E-state index contributed by atoms with van der Waals surface area (Å²) in [6.45, 7) is 2.55. The fraction of sp³-hybridized carbons (Fsp3) is 0.176. The maximum absolute atomic E-state index is 12.2. The molecular weight excluding hydrogens is 437 g/mol. The average molecular weight is 449 g/mol. The zero-order chi connectivity index (χ0) is 18.8. The highest BCUT2D eigenvalue weighted by Gasteiger charge is 2.30. The van der Waals surface area contributed by atoms with Crippen LogP contribution in [0, 0.1) is 0 Å². The van der Waals surface area contributed by atoms with E-state index in [2.05, 4.69) is 0 Å². The molecule has 1 aliphatic heterocycles. The Bertz CT molecular complexity index is 887. The number of amides is 1. The molecule has 0 unspecified atom stereocenters. The topological polar surface area (TPSA) is 42.7 Å². The van der Waals surface area contributed by atoms with Crippen molar-refractivity contribution in [2.45, 2.75) is 13.5 Å². The van der Waals surface area contributed by atoms with Crippen molar-refractivity contribution in [1.82, 2.24) is 4.90 Å². The van der Waals surface area contributed by atoms with Crippen LogP contribution < -0.4 is 4.74 Å². The maximum Gasteiger partial charge on any atom is 0.266 e. The molecule has 2 heterocycles. The lowest BCUT2D eigenvalue weighted by Crippen LogP contribution is -2.27. The normalized spacial score (nSPS) is 16.0. The summed E-state index contributed by atoms with van der Waals surface area (Å²) >= 11 is 24.5. The maximum atomic E-state index is 12.2. The van der Waals surface area contributed by atoms with E-state index in [1.54, 1.807) is 35.2 Å². The molecule has 136 valence electrons. The molecule has 1 saturated heterocycles. The van der Waals surface area contributed by atoms with Gasteiger partial charge in [0.25, 0.3) is 5.91 Å². The summed E-state index contributed by atoms with van der Waals surface area (Å²) in [5.74, 6) is 1.31. The Balaban J connectivity index is 1.71. The molecule has 3 rings (SSSR count). The number of furan rings is 1. The molecule has 0 bridgehead atoms. The standard InChI is InChI=1S/C17H12Cl3NO3S2/c1-2-21-16(22)14(26-17(21)25)7-10-3-4-11(24-10)8-23-15-12(19)5-9(18)6-13(15)20/h3-7H,2,8H2,1H3/b14-7+. The monoisotopic (exact) mass is 447 g/mol. The van der Waals surface area contributed by atoms with Crippen LogP contribution in [0.3, 0.4) is 0 Å². The van der Waals surface area contributed by atoms with Gasteiger partial charge in [-0.3, -0.25) is 9.69 Å². The van der Waals surface area contributed by atoms with E-state index in [-0.39, 0.29) is 12.5 Å². The van der Waals surface area contributed by atoms with Gasteiger partial charge in [-0.15, -0.1) is 0 Å². The molecule has 0 N–H and O–H groups in total. The summed E-state index contributed by atoms with van der Waals surface area (Å²) in [4.78, 5) is 14.3. The van der Waals surface area contributed by atoms with Gasteiger partial charge in [0.1, 0.15) is 22.4 Å². The number of likely N-dealkylation sites (N-methyl/N-ethyl adjacent to an activating group) is 1. The number of halogens is 3. The summed E-state index contributed by atoms with van der Waals surface area (Å²) in [6, 6.07) is 6.60. The third kappa shape index (κ3) is 4.21. The lowest BCUT2D eigenvalue weighted by molar-refractivity contribution is -0.121. The predicted molar refractivity (Wildman–Crippen MR) is 110 cm³/mol. The van der Waals surface area contributed by atoms with Gasteiger partial charge in [0.05, 0.1) is 15.0 Å². The first-order valence-electron chi connectivity index (χ1n) is 7.50. The highest BCUT2D eigenvalue weighted by Crippen LogP contribution is 2.36. The van der Waals surface area contributed by atoms with E-state index in [0.717, 1.165) is 0 Å². The van der Waals surface area contributed by atoms with E-state index < -0.39 is 0 Å². The van der Waals surface area contributed by atoms with Crippen molar-refractivity contribution >= 4 is 75.1 Å². The number of hydrogen-bond donors (Lipinski definition) is 0. The number of thiocarbonyl (C=S) groups is 1. The van der Waals surface area contributed by atoms with Gasteiger partial charge in [-0.25, -0.2) is 0 Å². The van der Waals surface area contributed by atoms with Gasteiger partial charge in [0, 0.05) is 17.6 Å². The summed E-state index contributed by atoms with van der Waals surface area (Å²) in [5.41, 5.74) is 0. The van der Waals surface area contributed by atoms with Crippen molar-refractivity contribution in [2.75, 3.05) is 6.54 Å². The van der Waals surface area contributed by atoms with Crippen LogP contribution in [0.5, 0.6) is 5.75 Å². The number of carbonyl (C=O) groups excluding carboxylic acids is 1. The Morgan fingerprint density at radius 1 is 1.27 bits per heavy atom. The van der Waals surface area contributed by atoms with E-state index in [9.17, 15) is 4.79 Å². The van der Waals surface area contributed by atoms with E-state index in [0.29, 0.717) is 48.1 Å². The number of carbonyl (C=O) groups is 1. The van der Waals surface area contributed by atoms with Crippen LogP contribution in [0.4, 0.5) is 0 Å². The molecule has 1 fully saturated rings. The molecule has 0 aliphatic carbocycles. The Morgan fingerprint density at radius 2 is 1.96 bits per heavy atom. The number of hydrogen-bond acceptors (Lipinski definition) is 5. The van der Waals surface area contributed by atoms with Crippen LogP contribution in [0.15, 0.2) is 33.6 Å². The molecule has 0 radical (unpaired) electrons. The highest BCUT2D eigenvalue weighted by molar-refractivity contribution is 8.26. The van der Waals surface area contributed by atoms with Gasteiger partial charge in [-0.05, 0) is 31.2 Å². The van der Waals surface area contributed by atoms with Gasteiger partial charge in [0.2, 0.25) is 0 Å². The van der Waals surface area contributed by atoms with E-state index in [1.807, 2.05) is 6.92 Å². The SMILES string of the molecule is CCN1C(=O)/C(=C\c2ccc(COc3c(Cl)cc(Cl)cc3Cl)o2)SC1=S. The third-order valence-corrected chi connectivity index (χ3v) is 5.62. The second kappa shape index (κ2) is 8.23.